The van der Waals surface area contributed by atoms with Gasteiger partial charge >= 0.3 is 5.97 Å². The number of hydrazine groups is 1. The summed E-state index contributed by atoms with van der Waals surface area (Å²) in [5.41, 5.74) is 4.78. The number of hydrogen-bond donors (Lipinski definition) is 2. The maximum atomic E-state index is 11.7. The summed E-state index contributed by atoms with van der Waals surface area (Å²) in [5, 5.41) is 1.75. The summed E-state index contributed by atoms with van der Waals surface area (Å²) in [4.78, 5) is 35.3. The summed E-state index contributed by atoms with van der Waals surface area (Å²) in [6, 6.07) is 10.2. The van der Waals surface area contributed by atoms with E-state index in [1.54, 1.807) is 35.7 Å². The Hall–Kier alpha value is -1.94. The number of carbonyl (C=O) groups is 3. The lowest BCUT2D eigenvalue weighted by atomic mass is 10.2. The van der Waals surface area contributed by atoms with E-state index < -0.39 is 24.4 Å². The normalized spacial score (nSPS) is 9.86. The van der Waals surface area contributed by atoms with E-state index in [1.807, 2.05) is 6.07 Å². The minimum absolute atomic E-state index is 0.363. The van der Waals surface area contributed by atoms with Crippen LogP contribution >= 0.6 is 33.9 Å². The SMILES string of the molecule is O=C(COC(=O)c1cccc(I)c1)NNC(=O)c1cccs1. The molecule has 1 aromatic heterocycles. The van der Waals surface area contributed by atoms with E-state index in [-0.39, 0.29) is 0 Å². The molecule has 0 fully saturated rings. The van der Waals surface area contributed by atoms with Gasteiger partial charge in [-0.3, -0.25) is 20.4 Å². The number of hydrogen-bond acceptors (Lipinski definition) is 5. The van der Waals surface area contributed by atoms with E-state index in [0.29, 0.717) is 10.4 Å². The third-order valence-corrected chi connectivity index (χ3v) is 3.99. The number of amides is 2. The monoisotopic (exact) mass is 430 g/mol. The molecule has 1 aromatic carbocycles. The van der Waals surface area contributed by atoms with Gasteiger partial charge in [-0.1, -0.05) is 12.1 Å². The molecule has 0 aliphatic rings. The number of halogens is 1. The fourth-order valence-electron chi connectivity index (χ4n) is 1.46. The quantitative estimate of drug-likeness (QED) is 0.442. The third-order valence-electron chi connectivity index (χ3n) is 2.46. The molecule has 2 aromatic rings. The Balaban J connectivity index is 1.76. The van der Waals surface area contributed by atoms with Crippen LogP contribution in [-0.4, -0.2) is 24.4 Å². The zero-order chi connectivity index (χ0) is 15.9. The van der Waals surface area contributed by atoms with E-state index in [1.165, 1.54) is 11.3 Å². The maximum absolute atomic E-state index is 11.7. The van der Waals surface area contributed by atoms with Crippen LogP contribution in [0, 0.1) is 3.57 Å². The highest BCUT2D eigenvalue weighted by atomic mass is 127. The van der Waals surface area contributed by atoms with Crippen LogP contribution in [0.4, 0.5) is 0 Å². The number of nitrogens with one attached hydrogen (secondary N) is 2. The fourth-order valence-corrected chi connectivity index (χ4v) is 2.62. The van der Waals surface area contributed by atoms with E-state index in [2.05, 4.69) is 33.4 Å². The van der Waals surface area contributed by atoms with Crippen LogP contribution in [0.5, 0.6) is 0 Å². The lowest BCUT2D eigenvalue weighted by Gasteiger charge is -2.07. The molecule has 2 amide bonds. The number of ether oxygens (including phenoxy) is 1. The molecule has 1 heterocycles. The molecule has 22 heavy (non-hydrogen) atoms. The molecule has 0 unspecified atom stereocenters. The molecule has 0 aliphatic heterocycles. The number of thiophene rings is 1. The first-order chi connectivity index (χ1) is 10.6. The molecule has 0 bridgehead atoms. The summed E-state index contributed by atoms with van der Waals surface area (Å²) in [5.74, 6) is -1.64. The maximum Gasteiger partial charge on any atom is 0.338 e. The van der Waals surface area contributed by atoms with Crippen molar-refractivity contribution in [2.75, 3.05) is 6.61 Å². The summed E-state index contributed by atoms with van der Waals surface area (Å²) in [6.07, 6.45) is 0. The molecule has 0 radical (unpaired) electrons. The van der Waals surface area contributed by atoms with Crippen molar-refractivity contribution in [3.05, 3.63) is 55.8 Å². The molecule has 2 rings (SSSR count). The molecule has 8 heteroatoms. The molecule has 0 aliphatic carbocycles. The highest BCUT2D eigenvalue weighted by Crippen LogP contribution is 2.09. The van der Waals surface area contributed by atoms with Gasteiger partial charge in [0, 0.05) is 3.57 Å². The van der Waals surface area contributed by atoms with Gasteiger partial charge in [0.2, 0.25) is 0 Å². The molecule has 2 N–H and O–H groups in total. The smallest absolute Gasteiger partial charge is 0.338 e. The standard InChI is InChI=1S/C14H11IN2O4S/c15-10-4-1-3-9(7-10)14(20)21-8-12(18)16-17-13(19)11-5-2-6-22-11/h1-7H,8H2,(H,16,18)(H,17,19). The largest absolute Gasteiger partial charge is 0.452 e. The summed E-state index contributed by atoms with van der Waals surface area (Å²) in [6.45, 7) is -0.477. The van der Waals surface area contributed by atoms with Gasteiger partial charge in [0.25, 0.3) is 11.8 Å². The van der Waals surface area contributed by atoms with Crippen LogP contribution < -0.4 is 10.9 Å². The lowest BCUT2D eigenvalue weighted by molar-refractivity contribution is -0.125. The Morgan fingerprint density at radius 2 is 1.95 bits per heavy atom. The highest BCUT2D eigenvalue weighted by molar-refractivity contribution is 14.1. The van der Waals surface area contributed by atoms with E-state index in [4.69, 9.17) is 4.74 Å². The Labute approximate surface area is 144 Å². The molecule has 114 valence electrons. The molecule has 0 saturated heterocycles. The van der Waals surface area contributed by atoms with Crippen LogP contribution in [0.2, 0.25) is 0 Å². The van der Waals surface area contributed by atoms with Gasteiger partial charge in [-0.2, -0.15) is 0 Å². The molecule has 0 spiro atoms. The Bertz CT molecular complexity index is 688. The van der Waals surface area contributed by atoms with Crippen molar-refractivity contribution in [1.82, 2.24) is 10.9 Å². The summed E-state index contributed by atoms with van der Waals surface area (Å²) in [7, 11) is 0. The van der Waals surface area contributed by atoms with Gasteiger partial charge in [-0.25, -0.2) is 4.79 Å². The van der Waals surface area contributed by atoms with Crippen molar-refractivity contribution in [3.8, 4) is 0 Å². The zero-order valence-electron chi connectivity index (χ0n) is 11.2. The van der Waals surface area contributed by atoms with E-state index in [9.17, 15) is 14.4 Å². The first kappa shape index (κ1) is 16.4. The summed E-state index contributed by atoms with van der Waals surface area (Å²) >= 11 is 3.32. The molecule has 6 nitrogen and oxygen atoms in total. The van der Waals surface area contributed by atoms with Crippen molar-refractivity contribution in [1.29, 1.82) is 0 Å². The van der Waals surface area contributed by atoms with Crippen LogP contribution in [-0.2, 0) is 9.53 Å². The number of benzene rings is 1. The fraction of sp³-hybridized carbons (Fsp3) is 0.0714. The van der Waals surface area contributed by atoms with Crippen molar-refractivity contribution >= 4 is 51.7 Å². The molecular weight excluding hydrogens is 419 g/mol. The average Bonchev–Trinajstić information content (AvgIpc) is 3.04. The zero-order valence-corrected chi connectivity index (χ0v) is 14.1. The first-order valence-corrected chi connectivity index (χ1v) is 8.07. The van der Waals surface area contributed by atoms with Crippen molar-refractivity contribution in [2.24, 2.45) is 0 Å². The average molecular weight is 430 g/mol. The first-order valence-electron chi connectivity index (χ1n) is 6.11. The van der Waals surface area contributed by atoms with Gasteiger partial charge < -0.3 is 4.74 Å². The second-order valence-corrected chi connectivity index (χ2v) is 6.26. The predicted octanol–water partition coefficient (Wildman–Crippen LogP) is 1.97. The predicted molar refractivity (Wildman–Crippen MR) is 89.4 cm³/mol. The van der Waals surface area contributed by atoms with E-state index in [0.717, 1.165) is 3.57 Å². The molecule has 0 saturated carbocycles. The Morgan fingerprint density at radius 1 is 1.14 bits per heavy atom. The van der Waals surface area contributed by atoms with Crippen molar-refractivity contribution in [3.63, 3.8) is 0 Å². The minimum Gasteiger partial charge on any atom is -0.452 e. The molecular formula is C14H11IN2O4S. The number of carbonyl (C=O) groups excluding carboxylic acids is 3. The second kappa shape index (κ2) is 7.90. The van der Waals surface area contributed by atoms with Gasteiger partial charge in [0.15, 0.2) is 6.61 Å². The van der Waals surface area contributed by atoms with Gasteiger partial charge in [0.1, 0.15) is 0 Å². The Kier molecular flexibility index (Phi) is 5.90. The Morgan fingerprint density at radius 3 is 2.64 bits per heavy atom. The van der Waals surface area contributed by atoms with Gasteiger partial charge in [0.05, 0.1) is 10.4 Å². The second-order valence-electron chi connectivity index (χ2n) is 4.07. The van der Waals surface area contributed by atoms with Gasteiger partial charge in [-0.15, -0.1) is 11.3 Å². The van der Waals surface area contributed by atoms with Crippen molar-refractivity contribution in [2.45, 2.75) is 0 Å². The topological polar surface area (TPSA) is 84.5 Å². The van der Waals surface area contributed by atoms with E-state index >= 15 is 0 Å². The lowest BCUT2D eigenvalue weighted by Crippen LogP contribution is -2.43. The number of rotatable bonds is 4. The van der Waals surface area contributed by atoms with Crippen molar-refractivity contribution < 1.29 is 19.1 Å². The van der Waals surface area contributed by atoms with Crippen LogP contribution in [0.3, 0.4) is 0 Å². The summed E-state index contributed by atoms with van der Waals surface area (Å²) < 4.78 is 5.75. The minimum atomic E-state index is -0.621. The van der Waals surface area contributed by atoms with Gasteiger partial charge in [-0.05, 0) is 52.2 Å². The third kappa shape index (κ3) is 4.81. The van der Waals surface area contributed by atoms with Crippen LogP contribution in [0.1, 0.15) is 20.0 Å². The highest BCUT2D eigenvalue weighted by Gasteiger charge is 2.12. The van der Waals surface area contributed by atoms with Crippen LogP contribution in [0.25, 0.3) is 0 Å². The number of esters is 1. The molecule has 0 atom stereocenters. The van der Waals surface area contributed by atoms with Crippen LogP contribution in [0.15, 0.2) is 41.8 Å².